The van der Waals surface area contributed by atoms with Gasteiger partial charge in [0.2, 0.25) is 6.10 Å². The van der Waals surface area contributed by atoms with E-state index in [2.05, 4.69) is 34.6 Å². The average Bonchev–Trinajstić information content (AvgIpc) is 3.48. The molecular formula is C30H30N2O4. The summed E-state index contributed by atoms with van der Waals surface area (Å²) in [6.45, 7) is 0. The van der Waals surface area contributed by atoms with Gasteiger partial charge in [-0.3, -0.25) is 9.78 Å². The first-order valence-electron chi connectivity index (χ1n) is 12.9. The molecule has 1 amide bonds. The Morgan fingerprint density at radius 1 is 0.944 bits per heavy atom. The normalized spacial score (nSPS) is 25.3. The van der Waals surface area contributed by atoms with E-state index in [-0.39, 0.29) is 11.3 Å². The average molecular weight is 483 g/mol. The molecule has 1 aromatic heterocycles. The third kappa shape index (κ3) is 4.15. The summed E-state index contributed by atoms with van der Waals surface area (Å²) < 4.78 is 5.85. The van der Waals surface area contributed by atoms with E-state index >= 15 is 0 Å². The number of aliphatic carboxylic acids is 1. The van der Waals surface area contributed by atoms with Gasteiger partial charge in [0, 0.05) is 23.2 Å². The molecular weight excluding hydrogens is 452 g/mol. The van der Waals surface area contributed by atoms with Crippen LogP contribution in [0.2, 0.25) is 0 Å². The SMILES string of the molecule is O=C(NC1CC1)c1ccc([C@]2(c3ccc(OC(C(=O)O)c4ccccn4)cc3)C[C@@H]3CC[C@H]2C3)cc1. The van der Waals surface area contributed by atoms with Gasteiger partial charge in [-0.2, -0.15) is 0 Å². The van der Waals surface area contributed by atoms with Crippen LogP contribution in [0.1, 0.15) is 71.8 Å². The summed E-state index contributed by atoms with van der Waals surface area (Å²) in [7, 11) is 0. The molecule has 3 aliphatic carbocycles. The maximum Gasteiger partial charge on any atom is 0.351 e. The van der Waals surface area contributed by atoms with Gasteiger partial charge in [0.1, 0.15) is 5.75 Å². The van der Waals surface area contributed by atoms with E-state index in [1.54, 1.807) is 24.4 Å². The number of pyridine rings is 1. The van der Waals surface area contributed by atoms with Gasteiger partial charge in [-0.15, -0.1) is 0 Å². The number of amides is 1. The molecule has 2 bridgehead atoms. The van der Waals surface area contributed by atoms with Crippen LogP contribution >= 0.6 is 0 Å². The van der Waals surface area contributed by atoms with Crippen molar-refractivity contribution in [2.24, 2.45) is 11.8 Å². The minimum atomic E-state index is -1.16. The molecule has 6 nitrogen and oxygen atoms in total. The van der Waals surface area contributed by atoms with Crippen LogP contribution in [0.4, 0.5) is 0 Å². The van der Waals surface area contributed by atoms with Gasteiger partial charge in [0.25, 0.3) is 5.91 Å². The number of hydrogen-bond acceptors (Lipinski definition) is 4. The highest BCUT2D eigenvalue weighted by Crippen LogP contribution is 2.60. The lowest BCUT2D eigenvalue weighted by Gasteiger charge is -2.39. The first-order chi connectivity index (χ1) is 17.5. The summed E-state index contributed by atoms with van der Waals surface area (Å²) in [5.74, 6) is 0.703. The molecule has 6 heteroatoms. The van der Waals surface area contributed by atoms with E-state index < -0.39 is 12.1 Å². The maximum atomic E-state index is 12.5. The maximum absolute atomic E-state index is 12.5. The van der Waals surface area contributed by atoms with Crippen molar-refractivity contribution in [3.63, 3.8) is 0 Å². The number of nitrogens with one attached hydrogen (secondary N) is 1. The van der Waals surface area contributed by atoms with Crippen LogP contribution in [-0.2, 0) is 10.2 Å². The van der Waals surface area contributed by atoms with Gasteiger partial charge >= 0.3 is 5.97 Å². The van der Waals surface area contributed by atoms with E-state index in [1.165, 1.54) is 30.4 Å². The van der Waals surface area contributed by atoms with E-state index in [4.69, 9.17) is 4.74 Å². The van der Waals surface area contributed by atoms with Crippen molar-refractivity contribution in [3.05, 3.63) is 95.3 Å². The smallest absolute Gasteiger partial charge is 0.351 e. The standard InChI is InChI=1S/C30H30N2O4/c33-28(32-24-12-13-24)20-5-8-21(9-6-20)30(18-19-4-7-23(30)17-19)22-10-14-25(15-11-22)36-27(29(34)35)26-3-1-2-16-31-26/h1-3,5-6,8-11,14-16,19,23-24,27H,4,7,12-13,17-18H2,(H,32,33)(H,34,35)/t19-,23+,27?,30+/m1/s1. The summed E-state index contributed by atoms with van der Waals surface area (Å²) in [5, 5.41) is 12.8. The van der Waals surface area contributed by atoms with Crippen LogP contribution in [0.3, 0.4) is 0 Å². The second kappa shape index (κ2) is 9.08. The van der Waals surface area contributed by atoms with Crippen molar-refractivity contribution in [1.82, 2.24) is 10.3 Å². The lowest BCUT2D eigenvalue weighted by atomic mass is 9.64. The van der Waals surface area contributed by atoms with Gasteiger partial charge in [-0.05, 0) is 91.5 Å². The van der Waals surface area contributed by atoms with Crippen LogP contribution < -0.4 is 10.1 Å². The van der Waals surface area contributed by atoms with E-state index in [0.717, 1.165) is 19.3 Å². The summed E-state index contributed by atoms with van der Waals surface area (Å²) in [5.41, 5.74) is 3.46. The van der Waals surface area contributed by atoms with E-state index in [0.29, 0.717) is 34.9 Å². The molecule has 1 unspecified atom stereocenters. The van der Waals surface area contributed by atoms with Crippen molar-refractivity contribution in [1.29, 1.82) is 0 Å². The highest BCUT2D eigenvalue weighted by atomic mass is 16.5. The van der Waals surface area contributed by atoms with E-state index in [9.17, 15) is 14.7 Å². The molecule has 0 radical (unpaired) electrons. The quantitative estimate of drug-likeness (QED) is 0.456. The summed E-state index contributed by atoms with van der Waals surface area (Å²) in [4.78, 5) is 28.5. The van der Waals surface area contributed by atoms with Crippen LogP contribution in [0.5, 0.6) is 5.75 Å². The second-order valence-corrected chi connectivity index (χ2v) is 10.5. The summed E-state index contributed by atoms with van der Waals surface area (Å²) >= 11 is 0. The van der Waals surface area contributed by atoms with Gasteiger partial charge in [-0.25, -0.2) is 4.79 Å². The van der Waals surface area contributed by atoms with Gasteiger partial charge in [0.15, 0.2) is 0 Å². The number of carboxylic acids is 1. The number of rotatable bonds is 8. The zero-order chi connectivity index (χ0) is 24.7. The first-order valence-corrected chi connectivity index (χ1v) is 12.9. The number of benzene rings is 2. The van der Waals surface area contributed by atoms with Crippen molar-refractivity contribution in [3.8, 4) is 5.75 Å². The molecule has 2 N–H and O–H groups in total. The van der Waals surface area contributed by atoms with E-state index in [1.807, 2.05) is 24.3 Å². The molecule has 3 saturated carbocycles. The lowest BCUT2D eigenvalue weighted by molar-refractivity contribution is -0.145. The molecule has 2 aromatic carbocycles. The topological polar surface area (TPSA) is 88.5 Å². The van der Waals surface area contributed by atoms with Crippen molar-refractivity contribution in [2.75, 3.05) is 0 Å². The highest BCUT2D eigenvalue weighted by Gasteiger charge is 2.52. The largest absolute Gasteiger partial charge is 0.478 e. The molecule has 3 aromatic rings. The zero-order valence-electron chi connectivity index (χ0n) is 20.1. The molecule has 0 aliphatic heterocycles. The van der Waals surface area contributed by atoms with Gasteiger partial charge < -0.3 is 15.2 Å². The predicted octanol–water partition coefficient (Wildman–Crippen LogP) is 5.28. The van der Waals surface area contributed by atoms with Crippen molar-refractivity contribution >= 4 is 11.9 Å². The molecule has 6 rings (SSSR count). The van der Waals surface area contributed by atoms with Crippen LogP contribution in [-0.4, -0.2) is 28.0 Å². The second-order valence-electron chi connectivity index (χ2n) is 10.5. The number of aromatic nitrogens is 1. The lowest BCUT2D eigenvalue weighted by Crippen LogP contribution is -2.34. The van der Waals surface area contributed by atoms with Crippen LogP contribution in [0.15, 0.2) is 72.9 Å². The Balaban J connectivity index is 1.28. The summed E-state index contributed by atoms with van der Waals surface area (Å²) in [6.07, 6.45) is 7.35. The van der Waals surface area contributed by atoms with Crippen LogP contribution in [0.25, 0.3) is 0 Å². The Labute approximate surface area is 210 Å². The molecule has 184 valence electrons. The Hall–Kier alpha value is -3.67. The Morgan fingerprint density at radius 3 is 2.22 bits per heavy atom. The van der Waals surface area contributed by atoms with Crippen molar-refractivity contribution in [2.45, 2.75) is 56.1 Å². The minimum absolute atomic E-state index is 0.00781. The predicted molar refractivity (Wildman–Crippen MR) is 135 cm³/mol. The number of nitrogens with zero attached hydrogens (tertiary/aromatic N) is 1. The molecule has 0 spiro atoms. The molecule has 36 heavy (non-hydrogen) atoms. The highest BCUT2D eigenvalue weighted by molar-refractivity contribution is 5.94. The molecule has 4 atom stereocenters. The monoisotopic (exact) mass is 482 g/mol. The van der Waals surface area contributed by atoms with Gasteiger partial charge in [-0.1, -0.05) is 36.8 Å². The molecule has 3 fully saturated rings. The Kier molecular flexibility index (Phi) is 5.75. The number of ether oxygens (including phenoxy) is 1. The number of carboxylic acid groups (broad SMARTS) is 1. The number of carbonyl (C=O) groups is 2. The molecule has 1 heterocycles. The molecule has 0 saturated heterocycles. The number of fused-ring (bicyclic) bond motifs is 2. The zero-order valence-corrected chi connectivity index (χ0v) is 20.1. The van der Waals surface area contributed by atoms with Gasteiger partial charge in [0.05, 0.1) is 5.69 Å². The number of carbonyl (C=O) groups excluding carboxylic acids is 1. The Morgan fingerprint density at radius 2 is 1.67 bits per heavy atom. The third-order valence-corrected chi connectivity index (χ3v) is 8.23. The Bertz CT molecular complexity index is 1250. The molecule has 3 aliphatic rings. The van der Waals surface area contributed by atoms with Crippen LogP contribution in [0, 0.1) is 11.8 Å². The first kappa shape index (κ1) is 22.8. The van der Waals surface area contributed by atoms with Crippen molar-refractivity contribution < 1.29 is 19.4 Å². The minimum Gasteiger partial charge on any atom is -0.478 e. The fraction of sp³-hybridized carbons (Fsp3) is 0.367. The summed E-state index contributed by atoms with van der Waals surface area (Å²) in [6, 6.07) is 21.6. The fourth-order valence-corrected chi connectivity index (χ4v) is 6.35. The third-order valence-electron chi connectivity index (χ3n) is 8.23. The number of hydrogen-bond donors (Lipinski definition) is 2. The fourth-order valence-electron chi connectivity index (χ4n) is 6.35.